The molecule has 0 aromatic carbocycles. The SMILES string of the molecule is C[CH2][Al-]([CH3])([CH3])[CH3]. The quantitative estimate of drug-likeness (QED) is 0.445. The summed E-state index contributed by atoms with van der Waals surface area (Å²) in [7, 11) is 0. The first-order valence-electron chi connectivity index (χ1n) is 2.85. The Hall–Kier alpha value is 0.532. The highest BCUT2D eigenvalue weighted by atomic mass is 27.2. The van der Waals surface area contributed by atoms with E-state index in [9.17, 15) is 0 Å². The second kappa shape index (κ2) is 2.00. The van der Waals surface area contributed by atoms with E-state index in [1.165, 1.54) is 5.28 Å². The van der Waals surface area contributed by atoms with Crippen molar-refractivity contribution in [1.29, 1.82) is 0 Å². The standard InChI is InChI=1S/C2H5.3CH3.Al/c1-2;;;;/h1H2,2H3;3*1H3;/q;;;;-1. The van der Waals surface area contributed by atoms with Gasteiger partial charge in [0.25, 0.3) is 0 Å². The van der Waals surface area contributed by atoms with Crippen molar-refractivity contribution in [1.82, 2.24) is 0 Å². The maximum Gasteiger partial charge on any atom is 0.124 e. The molecule has 0 aliphatic rings. The van der Waals surface area contributed by atoms with Crippen LogP contribution < -0.4 is 0 Å². The predicted octanol–water partition coefficient (Wildman–Crippen LogP) is 2.34. The van der Waals surface area contributed by atoms with Crippen molar-refractivity contribution in [3.05, 3.63) is 0 Å². The normalized spacial score (nSPS) is 12.0. The highest BCUT2D eigenvalue weighted by Crippen LogP contribution is 2.04. The third-order valence-electron chi connectivity index (χ3n) is 1.22. The van der Waals surface area contributed by atoms with Crippen LogP contribution in [0, 0.1) is 0 Å². The van der Waals surface area contributed by atoms with Crippen LogP contribution in [0.15, 0.2) is 0 Å². The maximum absolute atomic E-state index is 2.41. The summed E-state index contributed by atoms with van der Waals surface area (Å²) in [5.41, 5.74) is 0. The van der Waals surface area contributed by atoms with Gasteiger partial charge in [-0.15, -0.1) is 6.92 Å². The van der Waals surface area contributed by atoms with E-state index in [1.807, 2.05) is 0 Å². The lowest BCUT2D eigenvalue weighted by molar-refractivity contribution is 1.36. The van der Waals surface area contributed by atoms with Crippen LogP contribution >= 0.6 is 0 Å². The highest BCUT2D eigenvalue weighted by Gasteiger charge is 2.04. The molecule has 0 amide bonds. The van der Waals surface area contributed by atoms with E-state index in [4.69, 9.17) is 0 Å². The highest BCUT2D eigenvalue weighted by molar-refractivity contribution is 6.75. The molecule has 0 N–H and O–H groups in total. The molecule has 0 saturated heterocycles. The van der Waals surface area contributed by atoms with E-state index in [2.05, 4.69) is 24.3 Å². The molecule has 6 heavy (non-hydrogen) atoms. The summed E-state index contributed by atoms with van der Waals surface area (Å²) in [6.45, 7) is 2.28. The first kappa shape index (κ1) is 6.53. The van der Waals surface area contributed by atoms with Gasteiger partial charge < -0.3 is 0 Å². The molecule has 38 valence electrons. The molecule has 1 heteroatoms. The van der Waals surface area contributed by atoms with Gasteiger partial charge in [0.2, 0.25) is 0 Å². The van der Waals surface area contributed by atoms with Crippen molar-refractivity contribution >= 4 is 13.1 Å². The smallest absolute Gasteiger partial charge is 0.124 e. The summed E-state index contributed by atoms with van der Waals surface area (Å²) in [5.74, 6) is 7.23. The van der Waals surface area contributed by atoms with E-state index in [0.29, 0.717) is 0 Å². The van der Waals surface area contributed by atoms with Gasteiger partial charge >= 0.3 is 0 Å². The molecule has 0 aromatic heterocycles. The zero-order valence-electron chi connectivity index (χ0n) is 5.28. The Balaban J connectivity index is 3.17. The van der Waals surface area contributed by atoms with Crippen molar-refractivity contribution in [2.75, 3.05) is 0 Å². The molecule has 0 atom stereocenters. The first-order valence-corrected chi connectivity index (χ1v) is 7.13. The van der Waals surface area contributed by atoms with Crippen molar-refractivity contribution < 1.29 is 0 Å². The summed E-state index contributed by atoms with van der Waals surface area (Å²) in [5, 5.41) is 1.44. The zero-order valence-corrected chi connectivity index (χ0v) is 6.44. The van der Waals surface area contributed by atoms with Gasteiger partial charge in [0.1, 0.15) is 13.1 Å². The molecule has 0 bridgehead atoms. The van der Waals surface area contributed by atoms with E-state index < -0.39 is 13.1 Å². The maximum atomic E-state index is 2.41. The third-order valence-corrected chi connectivity index (χ3v) is 3.67. The van der Waals surface area contributed by atoms with Crippen molar-refractivity contribution in [2.24, 2.45) is 0 Å². The van der Waals surface area contributed by atoms with E-state index in [1.54, 1.807) is 0 Å². The molecular weight excluding hydrogens is 87.0 g/mol. The van der Waals surface area contributed by atoms with Crippen LogP contribution in [0.2, 0.25) is 22.6 Å². The fourth-order valence-electron chi connectivity index (χ4n) is 0. The van der Waals surface area contributed by atoms with Gasteiger partial charge in [0, 0.05) is 0 Å². The monoisotopic (exact) mass is 101 g/mol. The Morgan fingerprint density at radius 2 is 1.33 bits per heavy atom. The second-order valence-electron chi connectivity index (χ2n) is 3.37. The molecule has 0 rings (SSSR count). The molecule has 0 saturated carbocycles. The lowest BCUT2D eigenvalue weighted by Crippen LogP contribution is -2.16. The van der Waals surface area contributed by atoms with Crippen molar-refractivity contribution in [3.8, 4) is 0 Å². The number of rotatable bonds is 1. The molecule has 0 heterocycles. The molecule has 0 radical (unpaired) electrons. The second-order valence-corrected chi connectivity index (χ2v) is 10.1. The summed E-state index contributed by atoms with van der Waals surface area (Å²) < 4.78 is 0. The Labute approximate surface area is 43.2 Å². The van der Waals surface area contributed by atoms with E-state index in [-0.39, 0.29) is 0 Å². The van der Waals surface area contributed by atoms with Crippen LogP contribution in [-0.4, -0.2) is 13.1 Å². The molecule has 0 spiro atoms. The summed E-state index contributed by atoms with van der Waals surface area (Å²) in [6, 6.07) is 0. The lowest BCUT2D eigenvalue weighted by atomic mass is 11.0. The summed E-state index contributed by atoms with van der Waals surface area (Å²) in [6.07, 6.45) is 0. The van der Waals surface area contributed by atoms with Crippen molar-refractivity contribution in [2.45, 2.75) is 29.6 Å². The Kier molecular flexibility index (Phi) is 2.18. The molecule has 0 aliphatic carbocycles. The van der Waals surface area contributed by atoms with Crippen LogP contribution in [0.25, 0.3) is 0 Å². The Morgan fingerprint density at radius 3 is 1.33 bits per heavy atom. The van der Waals surface area contributed by atoms with Crippen molar-refractivity contribution in [3.63, 3.8) is 0 Å². The largest absolute Gasteiger partial charge is 0.204 e. The topological polar surface area (TPSA) is 0 Å². The minimum absolute atomic E-state index is 0.866. The Morgan fingerprint density at radius 1 is 1.17 bits per heavy atom. The van der Waals surface area contributed by atoms with Crippen LogP contribution in [-0.2, 0) is 0 Å². The van der Waals surface area contributed by atoms with E-state index in [0.717, 1.165) is 0 Å². The average molecular weight is 101 g/mol. The fraction of sp³-hybridized carbons (Fsp3) is 1.00. The van der Waals surface area contributed by atoms with Gasteiger partial charge in [0.05, 0.1) is 0 Å². The molecule has 0 aliphatic heterocycles. The Bertz CT molecular complexity index is 33.7. The van der Waals surface area contributed by atoms with Gasteiger partial charge in [-0.05, 0) is 0 Å². The van der Waals surface area contributed by atoms with Crippen LogP contribution in [0.3, 0.4) is 0 Å². The van der Waals surface area contributed by atoms with Gasteiger partial charge in [-0.25, -0.2) is 17.4 Å². The van der Waals surface area contributed by atoms with Gasteiger partial charge in [0.15, 0.2) is 0 Å². The number of hydrogen-bond donors (Lipinski definition) is 0. The molecule has 0 nitrogen and oxygen atoms in total. The third kappa shape index (κ3) is 4.53. The fourth-order valence-corrected chi connectivity index (χ4v) is 0. The average Bonchev–Trinajstić information content (AvgIpc) is 1.35. The number of hydrogen-bond acceptors (Lipinski definition) is 0. The molecule has 0 unspecified atom stereocenters. The van der Waals surface area contributed by atoms with Gasteiger partial charge in [-0.2, -0.15) is 5.28 Å². The lowest BCUT2D eigenvalue weighted by Gasteiger charge is -2.13. The van der Waals surface area contributed by atoms with Crippen LogP contribution in [0.1, 0.15) is 6.92 Å². The molecule has 0 fully saturated rings. The summed E-state index contributed by atoms with van der Waals surface area (Å²) in [4.78, 5) is 0. The predicted molar refractivity (Wildman–Crippen MR) is 33.8 cm³/mol. The minimum atomic E-state index is -0.866. The molecule has 0 aromatic rings. The van der Waals surface area contributed by atoms with E-state index >= 15 is 0 Å². The first-order chi connectivity index (χ1) is 2.56. The van der Waals surface area contributed by atoms with Gasteiger partial charge in [-0.1, -0.05) is 0 Å². The summed E-state index contributed by atoms with van der Waals surface area (Å²) >= 11 is -0.866. The zero-order chi connectivity index (χ0) is 5.21. The van der Waals surface area contributed by atoms with Crippen LogP contribution in [0.5, 0.6) is 0 Å². The molecular formula is C5H14Al-. The van der Waals surface area contributed by atoms with Gasteiger partial charge in [-0.3, -0.25) is 0 Å². The minimum Gasteiger partial charge on any atom is -0.204 e. The van der Waals surface area contributed by atoms with Crippen LogP contribution in [0.4, 0.5) is 0 Å².